The highest BCUT2D eigenvalue weighted by Gasteiger charge is 2.48. The van der Waals surface area contributed by atoms with Crippen LogP contribution in [0.1, 0.15) is 80.1 Å². The first-order valence-electron chi connectivity index (χ1n) is 19.8. The van der Waals surface area contributed by atoms with E-state index < -0.39 is 128 Å². The number of aliphatic hydroxyl groups excluding tert-OH is 5. The molecule has 0 bridgehead atoms. The molecule has 0 aromatic heterocycles. The molecule has 3 heterocycles. The first-order valence-corrected chi connectivity index (χ1v) is 19.8. The van der Waals surface area contributed by atoms with Crippen molar-refractivity contribution in [3.8, 4) is 0 Å². The van der Waals surface area contributed by atoms with Crippen molar-refractivity contribution in [2.24, 2.45) is 29.6 Å². The van der Waals surface area contributed by atoms with Crippen molar-refractivity contribution in [2.45, 2.75) is 166 Å². The first-order chi connectivity index (χ1) is 25.9. The summed E-state index contributed by atoms with van der Waals surface area (Å²) in [7, 11) is 6.31. The van der Waals surface area contributed by atoms with Gasteiger partial charge in [-0.25, -0.2) is 0 Å². The number of cyclic esters (lactones) is 1. The Morgan fingerprint density at radius 3 is 2.04 bits per heavy atom. The average molecular weight is 792 g/mol. The number of rotatable bonds is 11. The van der Waals surface area contributed by atoms with Gasteiger partial charge in [-0.3, -0.25) is 9.59 Å². The molecule has 3 rings (SSSR count). The summed E-state index contributed by atoms with van der Waals surface area (Å²) in [6.07, 6.45) is -11.7. The van der Waals surface area contributed by atoms with Gasteiger partial charge in [-0.05, 0) is 59.0 Å². The van der Waals surface area contributed by atoms with Gasteiger partial charge in [0.05, 0.1) is 55.7 Å². The van der Waals surface area contributed by atoms with E-state index in [-0.39, 0.29) is 38.1 Å². The fraction of sp³-hybridized carbons (Fsp3) is 0.923. The second-order valence-electron chi connectivity index (χ2n) is 16.2. The summed E-state index contributed by atoms with van der Waals surface area (Å²) in [5.74, 6) is -4.04. The van der Waals surface area contributed by atoms with Gasteiger partial charge in [0.1, 0.15) is 42.6 Å². The van der Waals surface area contributed by atoms with Crippen LogP contribution in [0.3, 0.4) is 0 Å². The molecule has 0 aliphatic carbocycles. The number of methoxy groups -OCH3 is 2. The normalized spacial score (nSPS) is 44.6. The summed E-state index contributed by atoms with van der Waals surface area (Å²) >= 11 is 0. The molecule has 3 fully saturated rings. The smallest absolute Gasteiger partial charge is 0.308 e. The summed E-state index contributed by atoms with van der Waals surface area (Å²) in [5, 5.41) is 56.1. The SMILES string of the molecule is CC[C@H]1OC(=O)C[C@H](O)[C@H](C)[C@@H](O[C@@H]2O[C@H](C)[C@@H](O)[C@H](N(C)C)[C@H]2O)[C@@H](CC=O)C[C@H](C)C(=O)CCC(C)[C@@H](O)[C@@H]1CO[C@@H]1O[C@H](C)[C@@H](O)[C@@H](OC)[C@H]1OC. The van der Waals surface area contributed by atoms with E-state index in [4.69, 9.17) is 33.2 Å². The molecular weight excluding hydrogens is 722 g/mol. The third-order valence-corrected chi connectivity index (χ3v) is 12.1. The fourth-order valence-corrected chi connectivity index (χ4v) is 8.38. The Bertz CT molecular complexity index is 1190. The van der Waals surface area contributed by atoms with Crippen LogP contribution in [0.4, 0.5) is 0 Å². The molecule has 16 heteroatoms. The highest BCUT2D eigenvalue weighted by Crippen LogP contribution is 2.36. The first kappa shape index (κ1) is 47.7. The van der Waals surface area contributed by atoms with E-state index in [9.17, 15) is 39.9 Å². The molecule has 16 nitrogen and oxygen atoms in total. The lowest BCUT2D eigenvalue weighted by Crippen LogP contribution is -2.63. The third kappa shape index (κ3) is 11.9. The summed E-state index contributed by atoms with van der Waals surface area (Å²) in [6.45, 7) is 10.2. The van der Waals surface area contributed by atoms with Crippen LogP contribution in [0.15, 0.2) is 0 Å². The molecule has 3 aliphatic rings. The number of nitrogens with zero attached hydrogens (tertiary/aromatic N) is 1. The third-order valence-electron chi connectivity index (χ3n) is 12.1. The van der Waals surface area contributed by atoms with Crippen molar-refractivity contribution >= 4 is 18.0 Å². The van der Waals surface area contributed by atoms with Gasteiger partial charge in [-0.2, -0.15) is 0 Å². The van der Waals surface area contributed by atoms with Crippen molar-refractivity contribution in [1.29, 1.82) is 0 Å². The van der Waals surface area contributed by atoms with Crippen molar-refractivity contribution in [1.82, 2.24) is 4.90 Å². The quantitative estimate of drug-likeness (QED) is 0.145. The van der Waals surface area contributed by atoms with E-state index in [1.54, 1.807) is 60.5 Å². The van der Waals surface area contributed by atoms with Gasteiger partial charge in [0.2, 0.25) is 0 Å². The lowest BCUT2D eigenvalue weighted by atomic mass is 9.78. The van der Waals surface area contributed by atoms with E-state index in [2.05, 4.69) is 0 Å². The number of ketones is 1. The van der Waals surface area contributed by atoms with E-state index in [1.165, 1.54) is 14.2 Å². The second kappa shape index (κ2) is 21.9. The highest BCUT2D eigenvalue weighted by molar-refractivity contribution is 5.80. The minimum Gasteiger partial charge on any atom is -0.462 e. The average Bonchev–Trinajstić information content (AvgIpc) is 3.13. The molecule has 0 aromatic rings. The maximum Gasteiger partial charge on any atom is 0.308 e. The van der Waals surface area contributed by atoms with Gasteiger partial charge in [0.15, 0.2) is 12.6 Å². The van der Waals surface area contributed by atoms with Gasteiger partial charge in [-0.1, -0.05) is 27.7 Å². The topological polar surface area (TPSA) is 220 Å². The monoisotopic (exact) mass is 791 g/mol. The minimum absolute atomic E-state index is 0.0336. The Balaban J connectivity index is 1.95. The number of likely N-dealkylation sites (N-methyl/N-ethyl adjacent to an activating group) is 1. The molecule has 19 atom stereocenters. The Morgan fingerprint density at radius 2 is 1.45 bits per heavy atom. The lowest BCUT2D eigenvalue weighted by molar-refractivity contribution is -0.306. The van der Waals surface area contributed by atoms with Gasteiger partial charge in [0.25, 0.3) is 0 Å². The largest absolute Gasteiger partial charge is 0.462 e. The number of Topliss-reactive ketones (excluding diaryl/α,β-unsaturated/α-hetero) is 1. The predicted octanol–water partition coefficient (Wildman–Crippen LogP) is 0.837. The summed E-state index contributed by atoms with van der Waals surface area (Å²) in [6, 6.07) is -0.748. The maximum atomic E-state index is 13.6. The number of hydrogen-bond donors (Lipinski definition) is 5. The Morgan fingerprint density at radius 1 is 0.836 bits per heavy atom. The van der Waals surface area contributed by atoms with Gasteiger partial charge >= 0.3 is 5.97 Å². The summed E-state index contributed by atoms with van der Waals surface area (Å²) in [4.78, 5) is 41.0. The van der Waals surface area contributed by atoms with Crippen molar-refractivity contribution in [2.75, 3.05) is 34.9 Å². The number of hydrogen-bond acceptors (Lipinski definition) is 16. The van der Waals surface area contributed by atoms with Crippen molar-refractivity contribution in [3.63, 3.8) is 0 Å². The molecule has 0 saturated carbocycles. The summed E-state index contributed by atoms with van der Waals surface area (Å²) in [5.41, 5.74) is 0. The van der Waals surface area contributed by atoms with Crippen LogP contribution in [0.25, 0.3) is 0 Å². The van der Waals surface area contributed by atoms with Crippen LogP contribution >= 0.6 is 0 Å². The molecule has 3 aliphatic heterocycles. The second-order valence-corrected chi connectivity index (χ2v) is 16.2. The van der Waals surface area contributed by atoms with Crippen LogP contribution in [0.5, 0.6) is 0 Å². The van der Waals surface area contributed by atoms with E-state index in [1.807, 2.05) is 0 Å². The van der Waals surface area contributed by atoms with E-state index in [0.717, 1.165) is 6.29 Å². The van der Waals surface area contributed by atoms with Gasteiger partial charge in [-0.15, -0.1) is 0 Å². The molecule has 0 amide bonds. The zero-order valence-electron chi connectivity index (χ0n) is 34.3. The van der Waals surface area contributed by atoms with Crippen LogP contribution in [0.2, 0.25) is 0 Å². The zero-order valence-corrected chi connectivity index (χ0v) is 34.3. The number of aliphatic hydroxyl groups is 5. The highest BCUT2D eigenvalue weighted by atomic mass is 16.7. The Kier molecular flexibility index (Phi) is 19.0. The zero-order chi connectivity index (χ0) is 41.3. The Hall–Kier alpha value is -1.67. The van der Waals surface area contributed by atoms with Gasteiger partial charge in [0, 0.05) is 44.8 Å². The molecule has 3 saturated heterocycles. The van der Waals surface area contributed by atoms with Crippen LogP contribution in [-0.2, 0) is 47.5 Å². The number of carbonyl (C=O) groups excluding carboxylic acids is 3. The van der Waals surface area contributed by atoms with E-state index in [0.29, 0.717) is 6.42 Å². The van der Waals surface area contributed by atoms with E-state index >= 15 is 0 Å². The summed E-state index contributed by atoms with van der Waals surface area (Å²) < 4.78 is 41.6. The fourth-order valence-electron chi connectivity index (χ4n) is 8.38. The van der Waals surface area contributed by atoms with Crippen molar-refractivity contribution < 1.29 is 73.1 Å². The number of carbonyl (C=O) groups is 3. The van der Waals surface area contributed by atoms with Gasteiger partial charge < -0.3 is 68.4 Å². The molecular formula is C39H69NO15. The number of aldehydes is 1. The lowest BCUT2D eigenvalue weighted by Gasteiger charge is -2.46. The number of ether oxygens (including phenoxy) is 7. The molecule has 5 N–H and O–H groups in total. The predicted molar refractivity (Wildman–Crippen MR) is 197 cm³/mol. The standard InChI is InChI=1S/C39H69NO15/c1-11-28-25(18-51-39-37(50-10)36(49-9)33(47)23(6)53-39)31(45)19(2)12-13-26(42)20(3)16-24(14-15-41)35(21(4)27(43)17-29(44)54-28)55-38-34(48)30(40(7)8)32(46)22(5)52-38/h15,19-25,27-28,30-39,43,45-48H,11-14,16-18H2,1-10H3/t19?,20-,21-,22+,23+,24-,25+,27-,28+,30-,31+,32+,33+,34+,35+,36+,37+,38-,39+/m0/s1. The molecule has 1 unspecified atom stereocenters. The Labute approximate surface area is 326 Å². The maximum absolute atomic E-state index is 13.6. The molecule has 0 radical (unpaired) electrons. The van der Waals surface area contributed by atoms with Crippen molar-refractivity contribution in [3.05, 3.63) is 0 Å². The van der Waals surface area contributed by atoms with Crippen LogP contribution in [-0.4, -0.2) is 169 Å². The minimum atomic E-state index is -1.35. The number of esters is 1. The van der Waals surface area contributed by atoms with Crippen LogP contribution < -0.4 is 0 Å². The van der Waals surface area contributed by atoms with Crippen LogP contribution in [0, 0.1) is 29.6 Å². The molecule has 0 spiro atoms. The molecule has 320 valence electrons. The molecule has 0 aromatic carbocycles. The molecule has 55 heavy (non-hydrogen) atoms.